The predicted octanol–water partition coefficient (Wildman–Crippen LogP) is 5.18. The topological polar surface area (TPSA) is 42.3 Å². The van der Waals surface area contributed by atoms with Gasteiger partial charge in [0.25, 0.3) is 0 Å². The molecule has 140 valence electrons. The summed E-state index contributed by atoms with van der Waals surface area (Å²) in [4.78, 5) is 0. The quantitative estimate of drug-likeness (QED) is 0.657. The van der Waals surface area contributed by atoms with Gasteiger partial charge in [-0.2, -0.15) is 0 Å². The van der Waals surface area contributed by atoms with Gasteiger partial charge in [0.15, 0.2) is 5.79 Å². The van der Waals surface area contributed by atoms with Crippen molar-refractivity contribution in [2.45, 2.75) is 83.8 Å². The molecule has 0 aromatic carbocycles. The first-order chi connectivity index (χ1) is 12.0. The van der Waals surface area contributed by atoms with E-state index in [1.54, 1.807) is 0 Å². The Balaban J connectivity index is 1.46. The van der Waals surface area contributed by atoms with Crippen molar-refractivity contribution in [1.29, 1.82) is 5.41 Å². The highest BCUT2D eigenvalue weighted by molar-refractivity contribution is 5.81. The lowest BCUT2D eigenvalue weighted by Gasteiger charge is -2.59. The van der Waals surface area contributed by atoms with E-state index in [4.69, 9.17) is 14.9 Å². The molecule has 0 amide bonds. The fourth-order valence-electron chi connectivity index (χ4n) is 8.18. The molecular weight excluding hydrogens is 310 g/mol. The molecule has 5 aliphatic rings. The third-order valence-corrected chi connectivity index (χ3v) is 9.62. The van der Waals surface area contributed by atoms with Gasteiger partial charge in [0.1, 0.15) is 0 Å². The molecule has 25 heavy (non-hydrogen) atoms. The Kier molecular flexibility index (Phi) is 3.71. The predicted molar refractivity (Wildman–Crippen MR) is 98.7 cm³/mol. The summed E-state index contributed by atoms with van der Waals surface area (Å²) < 4.78 is 12.5. The number of ether oxygens (including phenoxy) is 2. The zero-order valence-corrected chi connectivity index (χ0v) is 16.1. The van der Waals surface area contributed by atoms with E-state index in [-0.39, 0.29) is 11.2 Å². The first-order valence-electron chi connectivity index (χ1n) is 10.8. The summed E-state index contributed by atoms with van der Waals surface area (Å²) in [7, 11) is 0. The van der Waals surface area contributed by atoms with Crippen molar-refractivity contribution in [3.63, 3.8) is 0 Å². The highest BCUT2D eigenvalue weighted by Crippen LogP contribution is 2.69. The Morgan fingerprint density at radius 3 is 2.40 bits per heavy atom. The van der Waals surface area contributed by atoms with Crippen LogP contribution in [0.2, 0.25) is 0 Å². The smallest absolute Gasteiger partial charge is 0.174 e. The summed E-state index contributed by atoms with van der Waals surface area (Å²) in [6.45, 7) is 6.67. The maximum Gasteiger partial charge on any atom is 0.174 e. The van der Waals surface area contributed by atoms with E-state index in [0.717, 1.165) is 61.9 Å². The van der Waals surface area contributed by atoms with Gasteiger partial charge in [-0.25, -0.2) is 0 Å². The molecule has 1 N–H and O–H groups in total. The molecule has 4 saturated carbocycles. The largest absolute Gasteiger partial charge is 0.347 e. The molecule has 1 spiro atoms. The molecule has 3 heteroatoms. The molecule has 0 aromatic heterocycles. The number of rotatable bonds is 0. The Labute approximate surface area is 152 Å². The minimum atomic E-state index is -0.258. The van der Waals surface area contributed by atoms with Crippen LogP contribution in [0.5, 0.6) is 0 Å². The molecule has 0 bridgehead atoms. The van der Waals surface area contributed by atoms with E-state index in [0.29, 0.717) is 5.41 Å². The van der Waals surface area contributed by atoms with Crippen molar-refractivity contribution in [1.82, 2.24) is 0 Å². The molecule has 6 unspecified atom stereocenters. The Morgan fingerprint density at radius 2 is 1.60 bits per heavy atom. The average molecular weight is 346 g/mol. The van der Waals surface area contributed by atoms with Gasteiger partial charge in [-0.05, 0) is 86.9 Å². The molecule has 1 heterocycles. The summed E-state index contributed by atoms with van der Waals surface area (Å²) in [6, 6.07) is 0. The summed E-state index contributed by atoms with van der Waals surface area (Å²) in [5.74, 6) is 3.11. The van der Waals surface area contributed by atoms with E-state index in [2.05, 4.69) is 13.8 Å². The lowest BCUT2D eigenvalue weighted by Crippen LogP contribution is -2.55. The number of nitrogens with one attached hydrogen (secondary N) is 1. The van der Waals surface area contributed by atoms with Crippen molar-refractivity contribution in [2.75, 3.05) is 13.2 Å². The van der Waals surface area contributed by atoms with E-state index in [1.807, 2.05) is 0 Å². The van der Waals surface area contributed by atoms with Crippen LogP contribution < -0.4 is 0 Å². The number of hydrogen-bond donors (Lipinski definition) is 1. The highest BCUT2D eigenvalue weighted by atomic mass is 16.7. The van der Waals surface area contributed by atoms with Crippen LogP contribution in [0.3, 0.4) is 0 Å². The van der Waals surface area contributed by atoms with Gasteiger partial charge in [-0.15, -0.1) is 0 Å². The van der Waals surface area contributed by atoms with Crippen molar-refractivity contribution >= 4 is 5.71 Å². The average Bonchev–Trinajstić information content (AvgIpc) is 3.15. The molecule has 1 aliphatic heterocycles. The molecule has 0 radical (unpaired) electrons. The van der Waals surface area contributed by atoms with Crippen LogP contribution >= 0.6 is 0 Å². The van der Waals surface area contributed by atoms with Gasteiger partial charge in [0.2, 0.25) is 0 Å². The first kappa shape index (κ1) is 16.7. The monoisotopic (exact) mass is 345 g/mol. The Hall–Kier alpha value is -0.410. The maximum atomic E-state index is 8.22. The molecule has 4 aliphatic carbocycles. The highest BCUT2D eigenvalue weighted by Gasteiger charge is 2.66. The van der Waals surface area contributed by atoms with Crippen molar-refractivity contribution < 1.29 is 9.47 Å². The minimum absolute atomic E-state index is 0.227. The van der Waals surface area contributed by atoms with Crippen molar-refractivity contribution in [2.24, 2.45) is 34.5 Å². The fourth-order valence-corrected chi connectivity index (χ4v) is 8.18. The molecule has 6 atom stereocenters. The Bertz CT molecular complexity index is 568. The molecule has 5 fully saturated rings. The second kappa shape index (κ2) is 5.55. The third kappa shape index (κ3) is 2.15. The fraction of sp³-hybridized carbons (Fsp3) is 0.955. The number of hydrogen-bond acceptors (Lipinski definition) is 3. The normalized spacial score (nSPS) is 51.7. The lowest BCUT2D eigenvalue weighted by molar-refractivity contribution is -0.246. The van der Waals surface area contributed by atoms with Crippen molar-refractivity contribution in [3.05, 3.63) is 0 Å². The zero-order chi connectivity index (χ0) is 17.3. The third-order valence-electron chi connectivity index (χ3n) is 9.62. The Morgan fingerprint density at radius 1 is 0.840 bits per heavy atom. The number of fused-ring (bicyclic) bond motifs is 6. The van der Waals surface area contributed by atoms with Gasteiger partial charge >= 0.3 is 0 Å². The first-order valence-corrected chi connectivity index (χ1v) is 10.8. The van der Waals surface area contributed by atoms with Gasteiger partial charge in [-0.1, -0.05) is 13.8 Å². The van der Waals surface area contributed by atoms with Crippen LogP contribution in [0.4, 0.5) is 0 Å². The standard InChI is InChI=1S/C22H35NO2/c1-20-10-7-16(23)5-3-15(20)4-6-17-18(20)8-11-21(2)19(17)9-12-22(21)24-13-14-25-22/h15,17-19,23H,3-14H2,1-2H3. The van der Waals surface area contributed by atoms with Gasteiger partial charge in [0.05, 0.1) is 13.2 Å². The summed E-state index contributed by atoms with van der Waals surface area (Å²) in [6.07, 6.45) is 12.5. The lowest BCUT2D eigenvalue weighted by atomic mass is 9.46. The van der Waals surface area contributed by atoms with Crippen LogP contribution in [0.15, 0.2) is 0 Å². The molecule has 0 aromatic rings. The van der Waals surface area contributed by atoms with Crippen LogP contribution in [0.1, 0.15) is 78.1 Å². The van der Waals surface area contributed by atoms with Crippen molar-refractivity contribution in [3.8, 4) is 0 Å². The SMILES string of the molecule is CC12CCC(=N)CCC1CCC1C2CCC2(C)C1CCC21OCCO1. The van der Waals surface area contributed by atoms with Crippen LogP contribution in [0.25, 0.3) is 0 Å². The molecule has 1 saturated heterocycles. The van der Waals surface area contributed by atoms with E-state index >= 15 is 0 Å². The summed E-state index contributed by atoms with van der Waals surface area (Å²) >= 11 is 0. The van der Waals surface area contributed by atoms with Crippen LogP contribution in [0, 0.1) is 39.9 Å². The van der Waals surface area contributed by atoms with Gasteiger partial charge in [0, 0.05) is 17.5 Å². The van der Waals surface area contributed by atoms with E-state index < -0.39 is 0 Å². The minimum Gasteiger partial charge on any atom is -0.347 e. The van der Waals surface area contributed by atoms with Gasteiger partial charge < -0.3 is 14.9 Å². The van der Waals surface area contributed by atoms with E-state index in [1.165, 1.54) is 44.9 Å². The maximum absolute atomic E-state index is 8.22. The van der Waals surface area contributed by atoms with Crippen LogP contribution in [-0.2, 0) is 9.47 Å². The second-order valence-corrected chi connectivity index (χ2v) is 10.2. The molecule has 5 rings (SSSR count). The zero-order valence-electron chi connectivity index (χ0n) is 16.1. The second-order valence-electron chi connectivity index (χ2n) is 10.2. The molecular formula is C22H35NO2. The summed E-state index contributed by atoms with van der Waals surface area (Å²) in [5, 5.41) is 8.22. The van der Waals surface area contributed by atoms with E-state index in [9.17, 15) is 0 Å². The van der Waals surface area contributed by atoms with Crippen LogP contribution in [-0.4, -0.2) is 24.7 Å². The molecule has 3 nitrogen and oxygen atoms in total. The summed E-state index contributed by atoms with van der Waals surface area (Å²) in [5.41, 5.74) is 1.71. The van der Waals surface area contributed by atoms with Gasteiger partial charge in [-0.3, -0.25) is 0 Å².